The maximum atomic E-state index is 12.6. The maximum Gasteiger partial charge on any atom is 0.222 e. The Hall–Kier alpha value is -1.17. The van der Waals surface area contributed by atoms with Gasteiger partial charge in [-0.2, -0.15) is 0 Å². The molecule has 0 aliphatic carbocycles. The van der Waals surface area contributed by atoms with E-state index in [4.69, 9.17) is 4.43 Å². The summed E-state index contributed by atoms with van der Waals surface area (Å²) in [7, 11) is 0.669. The van der Waals surface area contributed by atoms with Crippen LogP contribution in [-0.4, -0.2) is 63.9 Å². The van der Waals surface area contributed by atoms with Crippen LogP contribution in [0, 0.1) is 11.8 Å². The van der Waals surface area contributed by atoms with Crippen LogP contribution in [0.4, 0.5) is 0 Å². The van der Waals surface area contributed by atoms with E-state index in [9.17, 15) is 4.79 Å². The summed E-state index contributed by atoms with van der Waals surface area (Å²) in [4.78, 5) is 17.0. The van der Waals surface area contributed by atoms with Crippen molar-refractivity contribution >= 4 is 14.2 Å². The van der Waals surface area contributed by atoms with Crippen molar-refractivity contribution in [3.8, 4) is 0 Å². The molecule has 2 atom stereocenters. The number of rotatable bonds is 15. The lowest BCUT2D eigenvalue weighted by Gasteiger charge is -2.32. The molecule has 5 heteroatoms. The van der Waals surface area contributed by atoms with Crippen molar-refractivity contribution in [1.82, 2.24) is 9.80 Å². The molecule has 4 nitrogen and oxygen atoms in total. The Labute approximate surface area is 219 Å². The van der Waals surface area contributed by atoms with Gasteiger partial charge >= 0.3 is 0 Å². The fourth-order valence-corrected chi connectivity index (χ4v) is 5.12. The van der Waals surface area contributed by atoms with Gasteiger partial charge in [0.15, 0.2) is 8.32 Å². The zero-order chi connectivity index (χ0) is 26.4. The minimum atomic E-state index is -1.46. The largest absolute Gasteiger partial charge is 0.417 e. The molecule has 0 aromatic heterocycles. The van der Waals surface area contributed by atoms with E-state index < -0.39 is 8.32 Å². The monoisotopic (exact) mass is 504 g/mol. The Morgan fingerprint density at radius 2 is 1.54 bits per heavy atom. The van der Waals surface area contributed by atoms with E-state index in [2.05, 4.69) is 84.4 Å². The van der Waals surface area contributed by atoms with E-state index in [-0.39, 0.29) is 0 Å². The van der Waals surface area contributed by atoms with E-state index in [1.165, 1.54) is 29.6 Å². The summed E-state index contributed by atoms with van der Waals surface area (Å²) < 4.78 is 6.16. The Morgan fingerprint density at radius 3 is 2.14 bits per heavy atom. The van der Waals surface area contributed by atoms with Gasteiger partial charge in [-0.15, -0.1) is 0 Å². The molecular weight excluding hydrogens is 448 g/mol. The van der Waals surface area contributed by atoms with Crippen molar-refractivity contribution in [2.75, 3.05) is 39.8 Å². The van der Waals surface area contributed by atoms with Gasteiger partial charge in [0, 0.05) is 39.2 Å². The summed E-state index contributed by atoms with van der Waals surface area (Å²) in [5, 5.41) is 0. The van der Waals surface area contributed by atoms with Crippen molar-refractivity contribution in [2.45, 2.75) is 99.2 Å². The number of carbonyl (C=O) groups excluding carboxylic acids is 1. The molecule has 1 aliphatic rings. The first kappa shape index (κ1) is 31.9. The van der Waals surface area contributed by atoms with E-state index in [0.717, 1.165) is 58.5 Å². The van der Waals surface area contributed by atoms with Crippen molar-refractivity contribution in [2.24, 2.45) is 11.8 Å². The van der Waals surface area contributed by atoms with Gasteiger partial charge in [0.1, 0.15) is 0 Å². The predicted molar refractivity (Wildman–Crippen MR) is 155 cm³/mol. The lowest BCUT2D eigenvalue weighted by molar-refractivity contribution is -0.132. The molecule has 1 fully saturated rings. The first-order valence-electron chi connectivity index (χ1n) is 13.9. The third-order valence-electron chi connectivity index (χ3n) is 6.98. The fraction of sp³-hybridized carbons (Fsp3) is 0.767. The van der Waals surface area contributed by atoms with Crippen LogP contribution in [0.5, 0.6) is 0 Å². The normalized spacial score (nSPS) is 17.9. The van der Waals surface area contributed by atoms with Gasteiger partial charge in [-0.05, 0) is 105 Å². The van der Waals surface area contributed by atoms with Gasteiger partial charge in [0.05, 0.1) is 0 Å². The van der Waals surface area contributed by atoms with E-state index in [1.54, 1.807) is 0 Å². The molecule has 0 spiro atoms. The van der Waals surface area contributed by atoms with Crippen LogP contribution in [0.1, 0.15) is 79.6 Å². The Morgan fingerprint density at radius 1 is 0.914 bits per heavy atom. The van der Waals surface area contributed by atoms with Crippen molar-refractivity contribution in [1.29, 1.82) is 0 Å². The summed E-state index contributed by atoms with van der Waals surface area (Å²) >= 11 is 0. The third kappa shape index (κ3) is 15.5. The lowest BCUT2D eigenvalue weighted by Crippen LogP contribution is -2.47. The average Bonchev–Trinajstić information content (AvgIpc) is 2.77. The Balaban J connectivity index is 2.68. The molecule has 1 heterocycles. The molecular formula is C30H56N2O2Si. The highest BCUT2D eigenvalue weighted by atomic mass is 28.4. The SMILES string of the molecule is CC(C)=CCC/C(C)=C\CC(CCC(C)CO[Si](C)(C)C)/C(C)=C\CCC(=O)N1CCN(C)CC1. The predicted octanol–water partition coefficient (Wildman–Crippen LogP) is 7.45. The van der Waals surface area contributed by atoms with E-state index >= 15 is 0 Å². The molecule has 1 aliphatic heterocycles. The van der Waals surface area contributed by atoms with E-state index in [0.29, 0.717) is 24.2 Å². The molecule has 0 saturated carbocycles. The van der Waals surface area contributed by atoms with Gasteiger partial charge in [-0.25, -0.2) is 0 Å². The second-order valence-electron chi connectivity index (χ2n) is 12.1. The minimum Gasteiger partial charge on any atom is -0.417 e. The highest BCUT2D eigenvalue weighted by Crippen LogP contribution is 2.26. The maximum absolute atomic E-state index is 12.6. The van der Waals surface area contributed by atoms with Crippen LogP contribution in [-0.2, 0) is 9.22 Å². The molecule has 1 saturated heterocycles. The molecule has 0 N–H and O–H groups in total. The number of allylic oxidation sites excluding steroid dienone is 6. The summed E-state index contributed by atoms with van der Waals surface area (Å²) in [5.74, 6) is 1.44. The quantitative estimate of drug-likeness (QED) is 0.171. The summed E-state index contributed by atoms with van der Waals surface area (Å²) in [5.41, 5.74) is 4.33. The first-order chi connectivity index (χ1) is 16.4. The van der Waals surface area contributed by atoms with Crippen LogP contribution in [0.3, 0.4) is 0 Å². The smallest absolute Gasteiger partial charge is 0.222 e. The van der Waals surface area contributed by atoms with Gasteiger partial charge in [-0.3, -0.25) is 4.79 Å². The van der Waals surface area contributed by atoms with Crippen LogP contribution in [0.15, 0.2) is 34.9 Å². The number of likely N-dealkylation sites (N-methyl/N-ethyl adjacent to an activating group) is 1. The van der Waals surface area contributed by atoms with Crippen molar-refractivity contribution in [3.63, 3.8) is 0 Å². The molecule has 1 rings (SSSR count). The summed E-state index contributed by atoms with van der Waals surface area (Å²) in [6.07, 6.45) is 14.3. The number of carbonyl (C=O) groups is 1. The third-order valence-corrected chi connectivity index (χ3v) is 8.01. The summed E-state index contributed by atoms with van der Waals surface area (Å²) in [6, 6.07) is 0. The highest BCUT2D eigenvalue weighted by Gasteiger charge is 2.19. The summed E-state index contributed by atoms with van der Waals surface area (Å²) in [6.45, 7) is 22.6. The van der Waals surface area contributed by atoms with Crippen LogP contribution >= 0.6 is 0 Å². The van der Waals surface area contributed by atoms with Gasteiger partial charge in [0.2, 0.25) is 5.91 Å². The zero-order valence-electron chi connectivity index (χ0n) is 24.6. The molecule has 1 amide bonds. The number of nitrogens with zero attached hydrogens (tertiary/aromatic N) is 2. The highest BCUT2D eigenvalue weighted by molar-refractivity contribution is 6.69. The average molecular weight is 505 g/mol. The van der Waals surface area contributed by atoms with Crippen molar-refractivity contribution < 1.29 is 9.22 Å². The molecule has 0 aromatic rings. The standard InChI is InChI=1S/C30H56N2O2Si/c1-25(2)12-10-13-26(3)16-18-29(19-17-27(4)24-34-35(7,8)9)28(5)14-11-15-30(33)32-22-20-31(6)21-23-32/h12,14,16,27,29H,10-11,13,15,17-24H2,1-9H3/b26-16-,28-14-. The number of amides is 1. The number of hydrogen-bond donors (Lipinski definition) is 0. The molecule has 0 bridgehead atoms. The Kier molecular flexibility index (Phi) is 15.1. The van der Waals surface area contributed by atoms with Gasteiger partial charge in [0.25, 0.3) is 0 Å². The van der Waals surface area contributed by atoms with Crippen LogP contribution in [0.25, 0.3) is 0 Å². The minimum absolute atomic E-state index is 0.311. The second kappa shape index (κ2) is 16.5. The Bertz CT molecular complexity index is 708. The number of hydrogen-bond acceptors (Lipinski definition) is 3. The van der Waals surface area contributed by atoms with Crippen LogP contribution in [0.2, 0.25) is 19.6 Å². The van der Waals surface area contributed by atoms with Crippen LogP contribution < -0.4 is 0 Å². The molecule has 35 heavy (non-hydrogen) atoms. The van der Waals surface area contributed by atoms with Gasteiger partial charge < -0.3 is 14.2 Å². The zero-order valence-corrected chi connectivity index (χ0v) is 25.6. The lowest BCUT2D eigenvalue weighted by atomic mass is 9.87. The molecule has 2 unspecified atom stereocenters. The second-order valence-corrected chi connectivity index (χ2v) is 16.6. The molecule has 0 aromatic carbocycles. The van der Waals surface area contributed by atoms with Crippen molar-refractivity contribution in [3.05, 3.63) is 34.9 Å². The fourth-order valence-electron chi connectivity index (χ4n) is 4.33. The molecule has 0 radical (unpaired) electrons. The topological polar surface area (TPSA) is 32.8 Å². The number of piperazine rings is 1. The van der Waals surface area contributed by atoms with Gasteiger partial charge in [-0.1, -0.05) is 41.9 Å². The van der Waals surface area contributed by atoms with E-state index in [1.807, 2.05) is 4.90 Å². The first-order valence-corrected chi connectivity index (χ1v) is 17.3. The molecule has 202 valence electrons.